The van der Waals surface area contributed by atoms with Crippen molar-refractivity contribution >= 4 is 0 Å². The fraction of sp³-hybridized carbons (Fsp3) is 0.632. The standard InChI is InChI=1S/C19H25NO6/c1-18(21-3)19(2,22-4)26-16-15(25-18)14(10-20)12-24-17(16)23-11-13-8-6-5-7-9-13/h5-9,14-17H,11-12H2,1-4H3/t14-,15+,16-,17+,18-,19-/m0/s1. The fourth-order valence-corrected chi connectivity index (χ4v) is 3.25. The van der Waals surface area contributed by atoms with Gasteiger partial charge < -0.3 is 28.4 Å². The van der Waals surface area contributed by atoms with Gasteiger partial charge >= 0.3 is 0 Å². The Morgan fingerprint density at radius 3 is 2.27 bits per heavy atom. The molecule has 3 rings (SSSR count). The number of nitrogens with zero attached hydrogens (tertiary/aromatic N) is 1. The first-order chi connectivity index (χ1) is 12.5. The molecule has 0 N–H and O–H groups in total. The lowest BCUT2D eigenvalue weighted by molar-refractivity contribution is -0.475. The molecular formula is C19H25NO6. The van der Waals surface area contributed by atoms with E-state index in [1.807, 2.05) is 30.3 Å². The molecule has 0 aromatic heterocycles. The lowest BCUT2D eigenvalue weighted by Crippen LogP contribution is -2.70. The van der Waals surface area contributed by atoms with Gasteiger partial charge in [-0.15, -0.1) is 0 Å². The minimum absolute atomic E-state index is 0.198. The molecule has 2 heterocycles. The van der Waals surface area contributed by atoms with E-state index >= 15 is 0 Å². The third-order valence-electron chi connectivity index (χ3n) is 5.18. The summed E-state index contributed by atoms with van der Waals surface area (Å²) in [6.07, 6.45) is -1.85. The summed E-state index contributed by atoms with van der Waals surface area (Å²) in [5.41, 5.74) is 1.02. The second kappa shape index (κ2) is 7.61. The van der Waals surface area contributed by atoms with Gasteiger partial charge in [0, 0.05) is 14.2 Å². The van der Waals surface area contributed by atoms with Gasteiger partial charge in [-0.3, -0.25) is 0 Å². The highest BCUT2D eigenvalue weighted by atomic mass is 16.8. The second-order valence-electron chi connectivity index (χ2n) is 6.70. The van der Waals surface area contributed by atoms with Gasteiger partial charge in [0.05, 0.1) is 25.2 Å². The first-order valence-electron chi connectivity index (χ1n) is 8.59. The van der Waals surface area contributed by atoms with Gasteiger partial charge in [-0.1, -0.05) is 30.3 Å². The average Bonchev–Trinajstić information content (AvgIpc) is 2.68. The lowest BCUT2D eigenvalue weighted by atomic mass is 9.92. The van der Waals surface area contributed by atoms with E-state index in [-0.39, 0.29) is 6.61 Å². The number of ether oxygens (including phenoxy) is 6. The smallest absolute Gasteiger partial charge is 0.220 e. The molecular weight excluding hydrogens is 338 g/mol. The summed E-state index contributed by atoms with van der Waals surface area (Å²) in [6.45, 7) is 4.03. The van der Waals surface area contributed by atoms with Crippen molar-refractivity contribution in [3.8, 4) is 6.07 Å². The van der Waals surface area contributed by atoms with Crippen molar-refractivity contribution in [2.75, 3.05) is 20.8 Å². The Balaban J connectivity index is 1.80. The Hall–Kier alpha value is -1.53. The number of hydrogen-bond acceptors (Lipinski definition) is 7. The summed E-state index contributed by atoms with van der Waals surface area (Å²) < 4.78 is 35.1. The molecule has 2 saturated heterocycles. The van der Waals surface area contributed by atoms with Crippen molar-refractivity contribution in [3.05, 3.63) is 35.9 Å². The van der Waals surface area contributed by atoms with E-state index in [9.17, 15) is 5.26 Å². The monoisotopic (exact) mass is 363 g/mol. The van der Waals surface area contributed by atoms with Crippen LogP contribution in [-0.4, -0.2) is 50.9 Å². The normalized spacial score (nSPS) is 39.8. The molecule has 142 valence electrons. The van der Waals surface area contributed by atoms with Crippen LogP contribution in [0.15, 0.2) is 30.3 Å². The van der Waals surface area contributed by atoms with E-state index in [0.717, 1.165) is 5.56 Å². The van der Waals surface area contributed by atoms with Gasteiger partial charge in [-0.2, -0.15) is 5.26 Å². The second-order valence-corrected chi connectivity index (χ2v) is 6.70. The molecule has 2 aliphatic heterocycles. The minimum Gasteiger partial charge on any atom is -0.349 e. The molecule has 1 aromatic rings. The van der Waals surface area contributed by atoms with Gasteiger partial charge in [0.2, 0.25) is 11.6 Å². The van der Waals surface area contributed by atoms with Crippen LogP contribution < -0.4 is 0 Å². The SMILES string of the molecule is CO[C@@]1(C)O[C@@H]2[C@H](OCc3ccccc3)OC[C@H](C#N)[C@H]2O[C@]1(C)OC. The van der Waals surface area contributed by atoms with Crippen LogP contribution in [0.4, 0.5) is 0 Å². The number of benzene rings is 1. The van der Waals surface area contributed by atoms with Crippen molar-refractivity contribution in [1.82, 2.24) is 0 Å². The van der Waals surface area contributed by atoms with Crippen LogP contribution in [0.1, 0.15) is 19.4 Å². The quantitative estimate of drug-likeness (QED) is 0.793. The van der Waals surface area contributed by atoms with Crippen LogP contribution >= 0.6 is 0 Å². The summed E-state index contributed by atoms with van der Waals surface area (Å²) in [5.74, 6) is -2.84. The first kappa shape index (κ1) is 19.2. The Morgan fingerprint density at radius 2 is 1.69 bits per heavy atom. The molecule has 0 amide bonds. The van der Waals surface area contributed by atoms with Gasteiger partial charge in [0.1, 0.15) is 12.2 Å². The summed E-state index contributed by atoms with van der Waals surface area (Å²) in [7, 11) is 3.04. The summed E-state index contributed by atoms with van der Waals surface area (Å²) in [5, 5.41) is 9.48. The van der Waals surface area contributed by atoms with Crippen molar-refractivity contribution in [1.29, 1.82) is 5.26 Å². The minimum atomic E-state index is -1.18. The predicted molar refractivity (Wildman–Crippen MR) is 90.6 cm³/mol. The largest absolute Gasteiger partial charge is 0.349 e. The maximum absolute atomic E-state index is 9.48. The molecule has 26 heavy (non-hydrogen) atoms. The maximum atomic E-state index is 9.48. The molecule has 2 fully saturated rings. The molecule has 0 unspecified atom stereocenters. The third kappa shape index (κ3) is 3.37. The molecule has 6 atom stereocenters. The van der Waals surface area contributed by atoms with Crippen LogP contribution in [0.5, 0.6) is 0 Å². The summed E-state index contributed by atoms with van der Waals surface area (Å²) >= 11 is 0. The topological polar surface area (TPSA) is 79.2 Å². The van der Waals surface area contributed by atoms with E-state index in [4.69, 9.17) is 28.4 Å². The Bertz CT molecular complexity index is 649. The van der Waals surface area contributed by atoms with Crippen molar-refractivity contribution in [2.24, 2.45) is 5.92 Å². The number of fused-ring (bicyclic) bond motifs is 1. The number of rotatable bonds is 5. The first-order valence-corrected chi connectivity index (χ1v) is 8.59. The molecule has 0 aliphatic carbocycles. The van der Waals surface area contributed by atoms with Crippen LogP contribution in [-0.2, 0) is 35.0 Å². The number of methoxy groups -OCH3 is 2. The zero-order valence-corrected chi connectivity index (χ0v) is 15.5. The molecule has 1 aromatic carbocycles. The van der Waals surface area contributed by atoms with Crippen molar-refractivity contribution in [2.45, 2.75) is 50.5 Å². The molecule has 0 spiro atoms. The van der Waals surface area contributed by atoms with Gasteiger partial charge in [0.15, 0.2) is 6.29 Å². The van der Waals surface area contributed by atoms with E-state index in [1.165, 1.54) is 14.2 Å². The predicted octanol–water partition coefficient (Wildman–Crippen LogP) is 2.21. The molecule has 0 radical (unpaired) electrons. The van der Waals surface area contributed by atoms with Gasteiger partial charge in [-0.05, 0) is 19.4 Å². The summed E-state index contributed by atoms with van der Waals surface area (Å²) in [4.78, 5) is 0. The number of hydrogen-bond donors (Lipinski definition) is 0. The Kier molecular flexibility index (Phi) is 5.63. The average molecular weight is 363 g/mol. The van der Waals surface area contributed by atoms with E-state index in [0.29, 0.717) is 6.61 Å². The highest BCUT2D eigenvalue weighted by Gasteiger charge is 2.61. The van der Waals surface area contributed by atoms with Gasteiger partial charge in [0.25, 0.3) is 0 Å². The highest BCUT2D eigenvalue weighted by Crippen LogP contribution is 2.44. The molecule has 0 bridgehead atoms. The number of nitriles is 1. The van der Waals surface area contributed by atoms with Crippen molar-refractivity contribution < 1.29 is 28.4 Å². The van der Waals surface area contributed by atoms with Gasteiger partial charge in [-0.25, -0.2) is 0 Å². The molecule has 7 nitrogen and oxygen atoms in total. The molecule has 0 saturated carbocycles. The van der Waals surface area contributed by atoms with E-state index in [1.54, 1.807) is 13.8 Å². The third-order valence-corrected chi connectivity index (χ3v) is 5.18. The Labute approximate surface area is 153 Å². The van der Waals surface area contributed by atoms with Crippen molar-refractivity contribution in [3.63, 3.8) is 0 Å². The van der Waals surface area contributed by atoms with E-state index in [2.05, 4.69) is 6.07 Å². The lowest BCUT2D eigenvalue weighted by Gasteiger charge is -2.55. The van der Waals surface area contributed by atoms with Crippen LogP contribution in [0.25, 0.3) is 0 Å². The Morgan fingerprint density at radius 1 is 1.08 bits per heavy atom. The molecule has 2 aliphatic rings. The summed E-state index contributed by atoms with van der Waals surface area (Å²) in [6, 6.07) is 12.0. The van der Waals surface area contributed by atoms with E-state index < -0.39 is 36.0 Å². The van der Waals surface area contributed by atoms with Crippen LogP contribution in [0.3, 0.4) is 0 Å². The fourth-order valence-electron chi connectivity index (χ4n) is 3.25. The van der Waals surface area contributed by atoms with Crippen LogP contribution in [0.2, 0.25) is 0 Å². The highest BCUT2D eigenvalue weighted by molar-refractivity contribution is 5.13. The zero-order chi connectivity index (χ0) is 18.8. The zero-order valence-electron chi connectivity index (χ0n) is 15.5. The molecule has 7 heteroatoms. The van der Waals surface area contributed by atoms with Crippen LogP contribution in [0, 0.1) is 17.2 Å². The maximum Gasteiger partial charge on any atom is 0.220 e.